The minimum atomic E-state index is -0.466. The van der Waals surface area contributed by atoms with Crippen LogP contribution in [0.25, 0.3) is 56.1 Å². The Hall–Kier alpha value is -6.58. The van der Waals surface area contributed by atoms with Gasteiger partial charge >= 0.3 is 0 Å². The highest BCUT2D eigenvalue weighted by atomic mass is 16.3. The van der Waals surface area contributed by atoms with Gasteiger partial charge in [-0.2, -0.15) is 0 Å². The maximum Gasteiger partial charge on any atom is 0.160 e. The summed E-state index contributed by atoms with van der Waals surface area (Å²) in [5.74, 6) is 1.77. The zero-order valence-electron chi connectivity index (χ0n) is 28.3. The molecule has 3 aliphatic carbocycles. The molecule has 3 aliphatic rings. The first-order valence-electron chi connectivity index (χ1n) is 18.0. The fraction of sp³-hybridized carbons (Fsp3) is 0.0612. The molecule has 0 saturated carbocycles. The van der Waals surface area contributed by atoms with Gasteiger partial charge in [0, 0.05) is 39.5 Å². The van der Waals surface area contributed by atoms with Crippen molar-refractivity contribution >= 4 is 11.0 Å². The van der Waals surface area contributed by atoms with Gasteiger partial charge in [-0.3, -0.25) is 0 Å². The molecule has 3 heteroatoms. The summed E-state index contributed by atoms with van der Waals surface area (Å²) >= 11 is 0. The summed E-state index contributed by atoms with van der Waals surface area (Å²) in [6.45, 7) is 0. The molecule has 0 radical (unpaired) electrons. The quantitative estimate of drug-likeness (QED) is 0.188. The van der Waals surface area contributed by atoms with Crippen molar-refractivity contribution in [1.82, 2.24) is 9.97 Å². The Bertz CT molecular complexity index is 2650. The van der Waals surface area contributed by atoms with Gasteiger partial charge in [0.1, 0.15) is 11.3 Å². The van der Waals surface area contributed by atoms with Gasteiger partial charge in [-0.05, 0) is 51.6 Å². The molecule has 2 heterocycles. The third-order valence-electron chi connectivity index (χ3n) is 11.3. The Labute approximate surface area is 302 Å². The van der Waals surface area contributed by atoms with Crippen molar-refractivity contribution < 1.29 is 4.42 Å². The van der Waals surface area contributed by atoms with Crippen LogP contribution in [0.3, 0.4) is 0 Å². The molecule has 0 saturated heterocycles. The van der Waals surface area contributed by atoms with Crippen LogP contribution in [0, 0.1) is 0 Å². The molecular weight excluding hydrogens is 633 g/mol. The normalized spacial score (nSPS) is 17.2. The Morgan fingerprint density at radius 3 is 1.87 bits per heavy atom. The minimum Gasteiger partial charge on any atom is -0.456 e. The molecule has 3 nitrogen and oxygen atoms in total. The Morgan fingerprint density at radius 1 is 0.500 bits per heavy atom. The zero-order valence-corrected chi connectivity index (χ0v) is 28.3. The van der Waals surface area contributed by atoms with Crippen LogP contribution in [0.4, 0.5) is 0 Å². The Morgan fingerprint density at radius 2 is 1.12 bits per heavy atom. The van der Waals surface area contributed by atoms with Crippen molar-refractivity contribution in [2.24, 2.45) is 0 Å². The second-order valence-electron chi connectivity index (χ2n) is 14.0. The topological polar surface area (TPSA) is 38.9 Å². The first-order chi connectivity index (χ1) is 25.8. The van der Waals surface area contributed by atoms with Gasteiger partial charge in [-0.15, -0.1) is 0 Å². The largest absolute Gasteiger partial charge is 0.456 e. The van der Waals surface area contributed by atoms with Crippen molar-refractivity contribution in [2.75, 3.05) is 0 Å². The molecule has 0 N–H and O–H groups in total. The molecule has 2 atom stereocenters. The lowest BCUT2D eigenvalue weighted by molar-refractivity contribution is 0.628. The molecule has 2 unspecified atom stereocenters. The number of nitrogens with zero attached hydrogens (tertiary/aromatic N) is 2. The standard InChI is InChI=1S/C49H32N2O/c1-3-15-31(16-4-1)43-30-44(51-48(50-43)32-17-5-2-6-18-32)37-22-8-7-19-34(37)33-27-28-42-39(29-33)47-46(38-23-11-14-26-45(38)52-47)49(42)40-24-12-9-20-35(40)36-21-10-13-25-41(36)49/h1-30,34,37H. The maximum absolute atomic E-state index is 6.88. The maximum atomic E-state index is 6.88. The first kappa shape index (κ1) is 29.2. The molecule has 2 aromatic heterocycles. The van der Waals surface area contributed by atoms with Gasteiger partial charge in [0.15, 0.2) is 5.82 Å². The average molecular weight is 665 g/mol. The van der Waals surface area contributed by atoms with Gasteiger partial charge in [-0.25, -0.2) is 9.97 Å². The van der Waals surface area contributed by atoms with E-state index in [0.29, 0.717) is 0 Å². The Balaban J connectivity index is 1.11. The van der Waals surface area contributed by atoms with Crippen molar-refractivity contribution in [3.05, 3.63) is 216 Å². The van der Waals surface area contributed by atoms with E-state index in [0.717, 1.165) is 45.2 Å². The minimum absolute atomic E-state index is 0.00872. The summed E-state index contributed by atoms with van der Waals surface area (Å²) in [5, 5.41) is 1.17. The summed E-state index contributed by atoms with van der Waals surface area (Å²) in [7, 11) is 0. The number of benzene rings is 6. The van der Waals surface area contributed by atoms with Gasteiger partial charge < -0.3 is 4.42 Å². The SMILES string of the molecule is C1=CC(c2ccc3c(c2)-c2oc4ccccc4c2C32c3ccccc3-c3ccccc32)C(c2cc(-c3ccccc3)nc(-c3ccccc3)n2)C=C1. The van der Waals surface area contributed by atoms with E-state index in [1.165, 1.54) is 44.3 Å². The van der Waals surface area contributed by atoms with E-state index in [-0.39, 0.29) is 11.8 Å². The van der Waals surface area contributed by atoms with Crippen LogP contribution in [0.1, 0.15) is 45.3 Å². The lowest BCUT2D eigenvalue weighted by atomic mass is 9.69. The number of fused-ring (bicyclic) bond motifs is 12. The third-order valence-corrected chi connectivity index (χ3v) is 11.3. The van der Waals surface area contributed by atoms with Gasteiger partial charge in [0.25, 0.3) is 0 Å². The van der Waals surface area contributed by atoms with Crippen molar-refractivity contribution in [1.29, 1.82) is 0 Å². The first-order valence-corrected chi connectivity index (χ1v) is 18.0. The van der Waals surface area contributed by atoms with E-state index in [1.54, 1.807) is 0 Å². The lowest BCUT2D eigenvalue weighted by Gasteiger charge is -2.30. The number of furan rings is 1. The monoisotopic (exact) mass is 664 g/mol. The van der Waals surface area contributed by atoms with Gasteiger partial charge in [0.2, 0.25) is 0 Å². The summed E-state index contributed by atoms with van der Waals surface area (Å²) < 4.78 is 6.88. The molecule has 52 heavy (non-hydrogen) atoms. The molecular formula is C49H32N2O. The average Bonchev–Trinajstić information content (AvgIpc) is 3.85. The molecule has 0 amide bonds. The molecule has 6 aromatic carbocycles. The number of allylic oxidation sites excluding steroid dienone is 4. The van der Waals surface area contributed by atoms with Crippen molar-refractivity contribution in [2.45, 2.75) is 17.3 Å². The van der Waals surface area contributed by atoms with Crippen LogP contribution in [-0.2, 0) is 5.41 Å². The van der Waals surface area contributed by atoms with Crippen LogP contribution in [0.5, 0.6) is 0 Å². The molecule has 8 aromatic rings. The highest BCUT2D eigenvalue weighted by Crippen LogP contribution is 2.65. The number of aromatic nitrogens is 2. The predicted molar refractivity (Wildman–Crippen MR) is 209 cm³/mol. The van der Waals surface area contributed by atoms with E-state index < -0.39 is 5.41 Å². The highest BCUT2D eigenvalue weighted by Gasteiger charge is 2.54. The van der Waals surface area contributed by atoms with Crippen LogP contribution >= 0.6 is 0 Å². The molecule has 1 spiro atoms. The number of para-hydroxylation sites is 1. The highest BCUT2D eigenvalue weighted by molar-refractivity contribution is 6.02. The van der Waals surface area contributed by atoms with E-state index >= 15 is 0 Å². The van der Waals surface area contributed by atoms with Crippen molar-refractivity contribution in [3.8, 4) is 45.1 Å². The second-order valence-corrected chi connectivity index (χ2v) is 14.0. The third kappa shape index (κ3) is 4.08. The fourth-order valence-electron chi connectivity index (χ4n) is 9.14. The molecule has 0 aliphatic heterocycles. The Kier molecular flexibility index (Phi) is 6.29. The van der Waals surface area contributed by atoms with Gasteiger partial charge in [-0.1, -0.05) is 164 Å². The van der Waals surface area contributed by atoms with E-state index in [9.17, 15) is 0 Å². The predicted octanol–water partition coefficient (Wildman–Crippen LogP) is 11.9. The summed E-state index contributed by atoms with van der Waals surface area (Å²) in [5.41, 5.74) is 14.6. The molecule has 0 bridgehead atoms. The number of hydrogen-bond acceptors (Lipinski definition) is 3. The smallest absolute Gasteiger partial charge is 0.160 e. The molecule has 244 valence electrons. The number of hydrogen-bond donors (Lipinski definition) is 0. The van der Waals surface area contributed by atoms with Crippen LogP contribution in [0.2, 0.25) is 0 Å². The molecule has 0 fully saturated rings. The van der Waals surface area contributed by atoms with Crippen LogP contribution in [-0.4, -0.2) is 9.97 Å². The lowest BCUT2D eigenvalue weighted by Crippen LogP contribution is -2.25. The number of rotatable bonds is 4. The summed E-state index contributed by atoms with van der Waals surface area (Å²) in [6.07, 6.45) is 8.94. The van der Waals surface area contributed by atoms with Crippen molar-refractivity contribution in [3.63, 3.8) is 0 Å². The van der Waals surface area contributed by atoms with E-state index in [1.807, 2.05) is 24.3 Å². The second kappa shape index (κ2) is 11.2. The van der Waals surface area contributed by atoms with E-state index in [4.69, 9.17) is 14.4 Å². The zero-order chi connectivity index (χ0) is 34.2. The van der Waals surface area contributed by atoms with E-state index in [2.05, 4.69) is 158 Å². The fourth-order valence-corrected chi connectivity index (χ4v) is 9.14. The summed E-state index contributed by atoms with van der Waals surface area (Å²) in [6, 6.07) is 56.4. The van der Waals surface area contributed by atoms with Crippen LogP contribution < -0.4 is 0 Å². The van der Waals surface area contributed by atoms with Crippen LogP contribution in [0.15, 0.2) is 186 Å². The van der Waals surface area contributed by atoms with Gasteiger partial charge in [0.05, 0.1) is 16.8 Å². The molecule has 11 rings (SSSR count). The summed E-state index contributed by atoms with van der Waals surface area (Å²) in [4.78, 5) is 10.3.